The summed E-state index contributed by atoms with van der Waals surface area (Å²) in [5.41, 5.74) is 3.31. The standard InChI is InChI=1S/C21H27NO5/c1-22-6-5-14-12-19(25-2)17(23)11-15(14)10-16(22)7-13-8-18(24)21(27-4)20(9-13)26-3/h8-9,11-12,16,23-24H,5-7,10H2,1-4H3. The lowest BCUT2D eigenvalue weighted by molar-refractivity contribution is 0.248. The molecule has 2 N–H and O–H groups in total. The molecular formula is C21H27NO5. The van der Waals surface area contributed by atoms with Gasteiger partial charge in [0, 0.05) is 12.6 Å². The lowest BCUT2D eigenvalue weighted by Gasteiger charge is -2.26. The van der Waals surface area contributed by atoms with E-state index in [1.165, 1.54) is 12.7 Å². The second-order valence-electron chi connectivity index (χ2n) is 6.94. The third kappa shape index (κ3) is 3.90. The predicted octanol–water partition coefficient (Wildman–Crippen LogP) is 2.77. The van der Waals surface area contributed by atoms with Crippen molar-refractivity contribution in [2.24, 2.45) is 0 Å². The number of ether oxygens (including phenoxy) is 3. The molecule has 1 atom stereocenters. The number of nitrogens with zero attached hydrogens (tertiary/aromatic N) is 1. The van der Waals surface area contributed by atoms with Gasteiger partial charge in [0.1, 0.15) is 0 Å². The number of likely N-dealkylation sites (N-methyl/N-ethyl adjacent to an activating group) is 1. The van der Waals surface area contributed by atoms with Gasteiger partial charge < -0.3 is 29.3 Å². The Morgan fingerprint density at radius 3 is 2.33 bits per heavy atom. The van der Waals surface area contributed by atoms with E-state index in [0.717, 1.165) is 36.9 Å². The minimum absolute atomic E-state index is 0.0749. The Morgan fingerprint density at radius 1 is 0.926 bits per heavy atom. The van der Waals surface area contributed by atoms with Crippen molar-refractivity contribution >= 4 is 0 Å². The van der Waals surface area contributed by atoms with Gasteiger partial charge in [0.05, 0.1) is 21.3 Å². The van der Waals surface area contributed by atoms with Gasteiger partial charge in [-0.3, -0.25) is 0 Å². The zero-order chi connectivity index (χ0) is 19.6. The molecule has 0 saturated heterocycles. The lowest BCUT2D eigenvalue weighted by atomic mass is 9.95. The zero-order valence-electron chi connectivity index (χ0n) is 16.3. The van der Waals surface area contributed by atoms with Gasteiger partial charge in [0.15, 0.2) is 23.0 Å². The highest BCUT2D eigenvalue weighted by molar-refractivity contribution is 5.53. The monoisotopic (exact) mass is 373 g/mol. The molecule has 0 aromatic heterocycles. The van der Waals surface area contributed by atoms with Crippen LogP contribution in [0.5, 0.6) is 28.7 Å². The average molecular weight is 373 g/mol. The van der Waals surface area contributed by atoms with Crippen molar-refractivity contribution in [1.82, 2.24) is 4.90 Å². The maximum Gasteiger partial charge on any atom is 0.203 e. The van der Waals surface area contributed by atoms with E-state index < -0.39 is 0 Å². The van der Waals surface area contributed by atoms with Crippen LogP contribution in [-0.4, -0.2) is 56.1 Å². The Kier molecular flexibility index (Phi) is 5.65. The van der Waals surface area contributed by atoms with Gasteiger partial charge in [-0.05, 0) is 67.3 Å². The highest BCUT2D eigenvalue weighted by atomic mass is 16.5. The van der Waals surface area contributed by atoms with Gasteiger partial charge in [-0.15, -0.1) is 0 Å². The van der Waals surface area contributed by atoms with Crippen LogP contribution >= 0.6 is 0 Å². The molecule has 0 aliphatic carbocycles. The van der Waals surface area contributed by atoms with Gasteiger partial charge >= 0.3 is 0 Å². The summed E-state index contributed by atoms with van der Waals surface area (Å²) in [5.74, 6) is 1.62. The van der Waals surface area contributed by atoms with Crippen LogP contribution in [0.1, 0.15) is 16.7 Å². The SMILES string of the molecule is COc1cc2c(cc1O)CC(Cc1cc(O)c(OC)c(OC)c1)N(C)CC2. The van der Waals surface area contributed by atoms with E-state index in [1.54, 1.807) is 20.3 Å². The van der Waals surface area contributed by atoms with Crippen LogP contribution in [0.15, 0.2) is 24.3 Å². The number of hydrogen-bond acceptors (Lipinski definition) is 6. The number of phenolic OH excluding ortho intramolecular Hbond substituents is 2. The molecule has 27 heavy (non-hydrogen) atoms. The predicted molar refractivity (Wildman–Crippen MR) is 103 cm³/mol. The molecule has 6 nitrogen and oxygen atoms in total. The number of methoxy groups -OCH3 is 3. The number of rotatable bonds is 5. The largest absolute Gasteiger partial charge is 0.504 e. The van der Waals surface area contributed by atoms with Gasteiger partial charge in [0.2, 0.25) is 5.75 Å². The molecule has 6 heteroatoms. The van der Waals surface area contributed by atoms with Gasteiger partial charge in [-0.25, -0.2) is 0 Å². The van der Waals surface area contributed by atoms with Crippen molar-refractivity contribution in [2.45, 2.75) is 25.3 Å². The van der Waals surface area contributed by atoms with E-state index >= 15 is 0 Å². The Balaban J connectivity index is 1.88. The van der Waals surface area contributed by atoms with E-state index in [2.05, 4.69) is 11.9 Å². The third-order valence-corrected chi connectivity index (χ3v) is 5.30. The minimum atomic E-state index is 0.0749. The smallest absolute Gasteiger partial charge is 0.203 e. The van der Waals surface area contributed by atoms with Crippen LogP contribution in [0.3, 0.4) is 0 Å². The van der Waals surface area contributed by atoms with Crippen molar-refractivity contribution < 1.29 is 24.4 Å². The van der Waals surface area contributed by atoms with Gasteiger partial charge in [0.25, 0.3) is 0 Å². The lowest BCUT2D eigenvalue weighted by Crippen LogP contribution is -2.35. The molecule has 3 rings (SSSR count). The first-order valence-corrected chi connectivity index (χ1v) is 8.99. The second kappa shape index (κ2) is 7.96. The number of hydrogen-bond donors (Lipinski definition) is 2. The summed E-state index contributed by atoms with van der Waals surface area (Å²) in [5, 5.41) is 20.4. The number of benzene rings is 2. The number of phenols is 2. The maximum absolute atomic E-state index is 10.2. The van der Waals surface area contributed by atoms with Gasteiger partial charge in [-0.1, -0.05) is 0 Å². The Morgan fingerprint density at radius 2 is 1.67 bits per heavy atom. The van der Waals surface area contributed by atoms with Crippen LogP contribution in [-0.2, 0) is 19.3 Å². The maximum atomic E-state index is 10.2. The molecule has 146 valence electrons. The highest BCUT2D eigenvalue weighted by Gasteiger charge is 2.24. The molecule has 2 aromatic carbocycles. The average Bonchev–Trinajstić information content (AvgIpc) is 2.79. The fourth-order valence-electron chi connectivity index (χ4n) is 3.75. The number of aromatic hydroxyl groups is 2. The quantitative estimate of drug-likeness (QED) is 0.840. The normalized spacial score (nSPS) is 17.1. The molecule has 1 unspecified atom stereocenters. The van der Waals surface area contributed by atoms with E-state index in [9.17, 15) is 10.2 Å². The van der Waals surface area contributed by atoms with Crippen LogP contribution in [0.25, 0.3) is 0 Å². The number of fused-ring (bicyclic) bond motifs is 1. The molecule has 1 heterocycles. The molecule has 0 bridgehead atoms. The van der Waals surface area contributed by atoms with E-state index in [-0.39, 0.29) is 17.5 Å². The Bertz CT molecular complexity index is 821. The first kappa shape index (κ1) is 19.2. The molecule has 2 aromatic rings. The summed E-state index contributed by atoms with van der Waals surface area (Å²) in [6, 6.07) is 7.61. The third-order valence-electron chi connectivity index (χ3n) is 5.30. The first-order chi connectivity index (χ1) is 13.0. The van der Waals surface area contributed by atoms with Crippen LogP contribution in [0, 0.1) is 0 Å². The summed E-state index contributed by atoms with van der Waals surface area (Å²) < 4.78 is 15.8. The summed E-state index contributed by atoms with van der Waals surface area (Å²) in [6.07, 6.45) is 2.45. The van der Waals surface area contributed by atoms with Crippen LogP contribution in [0.2, 0.25) is 0 Å². The van der Waals surface area contributed by atoms with Crippen LogP contribution in [0.4, 0.5) is 0 Å². The molecule has 1 aliphatic rings. The van der Waals surface area contributed by atoms with E-state index in [1.807, 2.05) is 18.2 Å². The molecule has 0 fully saturated rings. The summed E-state index contributed by atoms with van der Waals surface area (Å²) in [4.78, 5) is 2.32. The fraction of sp³-hybridized carbons (Fsp3) is 0.429. The van der Waals surface area contributed by atoms with Crippen molar-refractivity contribution in [1.29, 1.82) is 0 Å². The summed E-state index contributed by atoms with van der Waals surface area (Å²) in [6.45, 7) is 0.908. The first-order valence-electron chi connectivity index (χ1n) is 8.99. The molecule has 0 radical (unpaired) electrons. The molecule has 0 spiro atoms. The molecular weight excluding hydrogens is 346 g/mol. The Hall–Kier alpha value is -2.60. The highest BCUT2D eigenvalue weighted by Crippen LogP contribution is 2.38. The zero-order valence-corrected chi connectivity index (χ0v) is 16.3. The van der Waals surface area contributed by atoms with Crippen molar-refractivity contribution in [3.8, 4) is 28.7 Å². The molecule has 1 aliphatic heterocycles. The fourth-order valence-corrected chi connectivity index (χ4v) is 3.75. The van der Waals surface area contributed by atoms with Gasteiger partial charge in [-0.2, -0.15) is 0 Å². The topological polar surface area (TPSA) is 71.4 Å². The second-order valence-corrected chi connectivity index (χ2v) is 6.94. The van der Waals surface area contributed by atoms with Crippen molar-refractivity contribution in [3.05, 3.63) is 41.0 Å². The molecule has 0 amide bonds. The van der Waals surface area contributed by atoms with Crippen LogP contribution < -0.4 is 14.2 Å². The Labute approximate surface area is 159 Å². The molecule has 0 saturated carbocycles. The minimum Gasteiger partial charge on any atom is -0.504 e. The summed E-state index contributed by atoms with van der Waals surface area (Å²) >= 11 is 0. The van der Waals surface area contributed by atoms with Crippen molar-refractivity contribution in [3.63, 3.8) is 0 Å². The van der Waals surface area contributed by atoms with Crippen molar-refractivity contribution in [2.75, 3.05) is 34.9 Å². The van der Waals surface area contributed by atoms with E-state index in [0.29, 0.717) is 17.2 Å². The van der Waals surface area contributed by atoms with E-state index in [4.69, 9.17) is 14.2 Å². The summed E-state index contributed by atoms with van der Waals surface area (Å²) in [7, 11) is 6.74.